The van der Waals surface area contributed by atoms with Crippen molar-refractivity contribution in [3.8, 4) is 5.75 Å². The molecular formula is C14H17NO4. The van der Waals surface area contributed by atoms with Crippen molar-refractivity contribution in [2.75, 3.05) is 0 Å². The number of ether oxygens (including phenoxy) is 1. The molecule has 1 heterocycles. The van der Waals surface area contributed by atoms with E-state index in [2.05, 4.69) is 0 Å². The number of benzene rings is 1. The monoisotopic (exact) mass is 263 g/mol. The zero-order chi connectivity index (χ0) is 14.0. The minimum absolute atomic E-state index is 0.113. The van der Waals surface area contributed by atoms with Crippen molar-refractivity contribution in [1.29, 1.82) is 0 Å². The van der Waals surface area contributed by atoms with Crippen LogP contribution in [0.1, 0.15) is 32.3 Å². The van der Waals surface area contributed by atoms with Gasteiger partial charge in [-0.05, 0) is 24.1 Å². The fourth-order valence-corrected chi connectivity index (χ4v) is 2.24. The Bertz CT molecular complexity index is 521. The van der Waals surface area contributed by atoms with Crippen LogP contribution in [0.25, 0.3) is 0 Å². The number of esters is 1. The first-order valence-corrected chi connectivity index (χ1v) is 6.30. The van der Waals surface area contributed by atoms with Gasteiger partial charge in [-0.3, -0.25) is 0 Å². The molecule has 102 valence electrons. The van der Waals surface area contributed by atoms with Gasteiger partial charge in [0.2, 0.25) is 0 Å². The minimum Gasteiger partial charge on any atom is -0.620 e. The smallest absolute Gasteiger partial charge is 0.405 e. The van der Waals surface area contributed by atoms with Crippen molar-refractivity contribution in [2.45, 2.75) is 38.8 Å². The number of phenols is 1. The number of cyclic esters (lactones) is 1. The highest BCUT2D eigenvalue weighted by molar-refractivity contribution is 6.35. The second-order valence-corrected chi connectivity index (χ2v) is 4.90. The standard InChI is InChI=1S/C14H17NO4/c1-3-8-14(2)15(18)12(13(17)19-14)9-10-4-6-11(16)7-5-10/h4-7,16H,3,8-9H2,1-2H3. The Morgan fingerprint density at radius 3 is 2.58 bits per heavy atom. The molecule has 1 N–H and O–H groups in total. The second-order valence-electron chi connectivity index (χ2n) is 4.90. The van der Waals surface area contributed by atoms with Crippen LogP contribution in [0, 0.1) is 5.21 Å². The van der Waals surface area contributed by atoms with Crippen LogP contribution in [0.3, 0.4) is 0 Å². The molecule has 2 rings (SSSR count). The zero-order valence-corrected chi connectivity index (χ0v) is 11.0. The van der Waals surface area contributed by atoms with Gasteiger partial charge in [-0.2, -0.15) is 4.74 Å². The maximum absolute atomic E-state index is 12.2. The first kappa shape index (κ1) is 13.4. The normalized spacial score (nSPS) is 22.7. The number of hydrogen-bond acceptors (Lipinski definition) is 4. The third-order valence-corrected chi connectivity index (χ3v) is 3.24. The summed E-state index contributed by atoms with van der Waals surface area (Å²) in [4.78, 5) is 11.8. The Morgan fingerprint density at radius 1 is 1.37 bits per heavy atom. The molecule has 0 fully saturated rings. The Balaban J connectivity index is 2.25. The Morgan fingerprint density at radius 2 is 2.00 bits per heavy atom. The number of carbonyl (C=O) groups excluding carboxylic acids is 1. The van der Waals surface area contributed by atoms with Crippen LogP contribution in [0.4, 0.5) is 0 Å². The first-order chi connectivity index (χ1) is 8.96. The summed E-state index contributed by atoms with van der Waals surface area (Å²) in [6.45, 7) is 3.57. The summed E-state index contributed by atoms with van der Waals surface area (Å²) in [5.74, 6) is -0.406. The van der Waals surface area contributed by atoms with Gasteiger partial charge in [-0.1, -0.05) is 19.1 Å². The van der Waals surface area contributed by atoms with E-state index in [1.165, 1.54) is 12.1 Å². The Kier molecular flexibility index (Phi) is 3.46. The summed E-state index contributed by atoms with van der Waals surface area (Å²) in [5, 5.41) is 21.4. The highest BCUT2D eigenvalue weighted by atomic mass is 16.6. The van der Waals surface area contributed by atoms with Crippen LogP contribution in [0.5, 0.6) is 5.75 Å². The Hall–Kier alpha value is -2.04. The highest BCUT2D eigenvalue weighted by Gasteiger charge is 2.48. The van der Waals surface area contributed by atoms with Crippen molar-refractivity contribution in [2.24, 2.45) is 0 Å². The fourth-order valence-electron chi connectivity index (χ4n) is 2.24. The third-order valence-electron chi connectivity index (χ3n) is 3.24. The number of hydrogen-bond donors (Lipinski definition) is 1. The van der Waals surface area contributed by atoms with Crippen LogP contribution in [0.2, 0.25) is 0 Å². The van der Waals surface area contributed by atoms with Gasteiger partial charge in [0.25, 0.3) is 5.71 Å². The molecule has 0 aromatic heterocycles. The van der Waals surface area contributed by atoms with Crippen LogP contribution in [0.15, 0.2) is 24.3 Å². The van der Waals surface area contributed by atoms with Crippen molar-refractivity contribution >= 4 is 11.7 Å². The molecule has 5 heteroatoms. The lowest BCUT2D eigenvalue weighted by molar-refractivity contribution is -0.586. The van der Waals surface area contributed by atoms with Crippen LogP contribution < -0.4 is 0 Å². The zero-order valence-electron chi connectivity index (χ0n) is 11.0. The molecule has 0 spiro atoms. The van der Waals surface area contributed by atoms with Gasteiger partial charge in [0.05, 0.1) is 12.8 Å². The lowest BCUT2D eigenvalue weighted by Crippen LogP contribution is -2.35. The largest absolute Gasteiger partial charge is 0.620 e. The predicted octanol–water partition coefficient (Wildman–Crippen LogP) is 1.96. The van der Waals surface area contributed by atoms with E-state index in [-0.39, 0.29) is 17.9 Å². The van der Waals surface area contributed by atoms with Gasteiger partial charge in [0.15, 0.2) is 0 Å². The van der Waals surface area contributed by atoms with E-state index in [1.807, 2.05) is 6.92 Å². The van der Waals surface area contributed by atoms with E-state index in [0.717, 1.165) is 12.0 Å². The van der Waals surface area contributed by atoms with Gasteiger partial charge in [-0.15, -0.1) is 0 Å². The first-order valence-electron chi connectivity index (χ1n) is 6.30. The summed E-state index contributed by atoms with van der Waals surface area (Å²) >= 11 is 0. The Labute approximate surface area is 111 Å². The summed E-state index contributed by atoms with van der Waals surface area (Å²) in [5.41, 5.74) is -0.189. The van der Waals surface area contributed by atoms with Gasteiger partial charge in [-0.25, -0.2) is 4.79 Å². The molecule has 1 unspecified atom stereocenters. The average molecular weight is 263 g/mol. The summed E-state index contributed by atoms with van der Waals surface area (Å²) in [6, 6.07) is 6.41. The molecule has 19 heavy (non-hydrogen) atoms. The van der Waals surface area contributed by atoms with E-state index in [4.69, 9.17) is 4.74 Å². The van der Waals surface area contributed by atoms with Crippen molar-refractivity contribution in [3.05, 3.63) is 35.0 Å². The maximum atomic E-state index is 12.2. The molecule has 0 amide bonds. The quantitative estimate of drug-likeness (QED) is 0.512. The molecule has 0 aliphatic carbocycles. The van der Waals surface area contributed by atoms with Crippen molar-refractivity contribution < 1.29 is 19.4 Å². The molecule has 5 nitrogen and oxygen atoms in total. The van der Waals surface area contributed by atoms with E-state index in [0.29, 0.717) is 11.2 Å². The van der Waals surface area contributed by atoms with E-state index >= 15 is 0 Å². The fraction of sp³-hybridized carbons (Fsp3) is 0.429. The van der Waals surface area contributed by atoms with Crippen LogP contribution in [-0.4, -0.2) is 27.3 Å². The number of nitrogens with zero attached hydrogens (tertiary/aromatic N) is 1. The van der Waals surface area contributed by atoms with Gasteiger partial charge in [0, 0.05) is 6.92 Å². The summed E-state index contributed by atoms with van der Waals surface area (Å²) in [7, 11) is 0. The van der Waals surface area contributed by atoms with Gasteiger partial charge >= 0.3 is 11.7 Å². The van der Waals surface area contributed by atoms with Crippen LogP contribution in [-0.2, 0) is 16.0 Å². The van der Waals surface area contributed by atoms with Crippen molar-refractivity contribution in [3.63, 3.8) is 0 Å². The number of hydroxylamine groups is 1. The van der Waals surface area contributed by atoms with E-state index < -0.39 is 11.7 Å². The lowest BCUT2D eigenvalue weighted by atomic mass is 10.1. The molecule has 1 aromatic rings. The molecule has 1 aromatic carbocycles. The number of aromatic hydroxyl groups is 1. The van der Waals surface area contributed by atoms with E-state index in [9.17, 15) is 15.1 Å². The molecule has 0 saturated heterocycles. The summed E-state index contributed by atoms with van der Waals surface area (Å²) < 4.78 is 5.88. The molecule has 1 atom stereocenters. The molecule has 1 aliphatic heterocycles. The van der Waals surface area contributed by atoms with Crippen molar-refractivity contribution in [1.82, 2.24) is 0 Å². The average Bonchev–Trinajstić information content (AvgIpc) is 2.56. The number of rotatable bonds is 4. The van der Waals surface area contributed by atoms with Gasteiger partial charge < -0.3 is 15.1 Å². The molecule has 0 radical (unpaired) electrons. The molecule has 0 saturated carbocycles. The molecule has 1 aliphatic rings. The SMILES string of the molecule is CCCC1(C)OC(=O)C(Cc2ccc(O)cc2)=[N+]1[O-]. The second kappa shape index (κ2) is 4.91. The molecular weight excluding hydrogens is 246 g/mol. The molecule has 0 bridgehead atoms. The maximum Gasteiger partial charge on any atom is 0.405 e. The van der Waals surface area contributed by atoms with E-state index in [1.54, 1.807) is 19.1 Å². The van der Waals surface area contributed by atoms with Crippen LogP contribution >= 0.6 is 0 Å². The lowest BCUT2D eigenvalue weighted by Gasteiger charge is -2.20. The number of phenolic OH excluding ortho intramolecular Hbond substituents is 1. The number of carbonyl (C=O) groups is 1. The predicted molar refractivity (Wildman–Crippen MR) is 69.9 cm³/mol. The topological polar surface area (TPSA) is 72.6 Å². The summed E-state index contributed by atoms with van der Waals surface area (Å²) in [6.07, 6.45) is 1.47. The third kappa shape index (κ3) is 2.54. The highest BCUT2D eigenvalue weighted by Crippen LogP contribution is 2.25. The van der Waals surface area contributed by atoms with Gasteiger partial charge in [0.1, 0.15) is 5.75 Å². The minimum atomic E-state index is -1.09.